The van der Waals surface area contributed by atoms with Crippen LogP contribution in [0, 0.1) is 0 Å². The summed E-state index contributed by atoms with van der Waals surface area (Å²) in [5.74, 6) is 0. The SMILES string of the molecule is C=CCO[C@@H]1[C@H](O)[C@H](O)[C@@H](OCC=C)[C@@H](OCc2ccccc2)[C@H]1OCc1ccccc1. The summed E-state index contributed by atoms with van der Waals surface area (Å²) >= 11 is 0. The minimum absolute atomic E-state index is 0.198. The van der Waals surface area contributed by atoms with E-state index in [1.54, 1.807) is 12.2 Å². The van der Waals surface area contributed by atoms with Crippen molar-refractivity contribution in [2.45, 2.75) is 49.8 Å². The number of aliphatic hydroxyl groups excluding tert-OH is 2. The van der Waals surface area contributed by atoms with Gasteiger partial charge in [0.15, 0.2) is 0 Å². The fourth-order valence-electron chi connectivity index (χ4n) is 3.81. The predicted molar refractivity (Wildman–Crippen MR) is 122 cm³/mol. The molecule has 0 heterocycles. The van der Waals surface area contributed by atoms with Crippen molar-refractivity contribution >= 4 is 0 Å². The minimum atomic E-state index is -1.22. The molecule has 6 heteroatoms. The average molecular weight is 441 g/mol. The van der Waals surface area contributed by atoms with E-state index in [1.165, 1.54) is 0 Å². The molecule has 6 atom stereocenters. The zero-order valence-electron chi connectivity index (χ0n) is 18.2. The standard InChI is InChI=1S/C26H32O6/c1-3-15-29-23-21(27)22(28)24(30-16-4-2)26(32-18-20-13-9-6-10-14-20)25(23)31-17-19-11-7-5-8-12-19/h3-14,21-28H,1-2,15-18H2/t21-,22+,23-,24-,25+,26-/m1/s1. The highest BCUT2D eigenvalue weighted by Gasteiger charge is 2.52. The van der Waals surface area contributed by atoms with Crippen LogP contribution >= 0.6 is 0 Å². The summed E-state index contributed by atoms with van der Waals surface area (Å²) in [6.45, 7) is 8.34. The molecule has 2 aromatic carbocycles. The van der Waals surface area contributed by atoms with Crippen LogP contribution in [0.5, 0.6) is 0 Å². The molecule has 32 heavy (non-hydrogen) atoms. The predicted octanol–water partition coefficient (Wildman–Crippen LogP) is 3.04. The average Bonchev–Trinajstić information content (AvgIpc) is 2.83. The molecule has 0 amide bonds. The largest absolute Gasteiger partial charge is 0.387 e. The molecule has 0 radical (unpaired) electrons. The molecule has 1 saturated carbocycles. The summed E-state index contributed by atoms with van der Waals surface area (Å²) in [6.07, 6.45) is -2.28. The van der Waals surface area contributed by atoms with E-state index in [-0.39, 0.29) is 13.2 Å². The van der Waals surface area contributed by atoms with Crippen LogP contribution in [0.4, 0.5) is 0 Å². The van der Waals surface area contributed by atoms with Gasteiger partial charge in [0.1, 0.15) is 36.6 Å². The van der Waals surface area contributed by atoms with Crippen LogP contribution in [0.1, 0.15) is 11.1 Å². The number of benzene rings is 2. The van der Waals surface area contributed by atoms with Crippen molar-refractivity contribution in [3.8, 4) is 0 Å². The molecular weight excluding hydrogens is 408 g/mol. The van der Waals surface area contributed by atoms with Crippen molar-refractivity contribution in [1.82, 2.24) is 0 Å². The first kappa shape index (κ1) is 24.3. The molecule has 2 N–H and O–H groups in total. The number of hydrogen-bond acceptors (Lipinski definition) is 6. The van der Waals surface area contributed by atoms with Gasteiger partial charge in [-0.15, -0.1) is 13.2 Å². The van der Waals surface area contributed by atoms with Crippen LogP contribution in [0.2, 0.25) is 0 Å². The third-order valence-electron chi connectivity index (χ3n) is 5.38. The van der Waals surface area contributed by atoms with E-state index in [0.717, 1.165) is 11.1 Å². The molecule has 0 saturated heterocycles. The van der Waals surface area contributed by atoms with E-state index in [4.69, 9.17) is 18.9 Å². The van der Waals surface area contributed by atoms with Gasteiger partial charge in [-0.1, -0.05) is 72.8 Å². The lowest BCUT2D eigenvalue weighted by Gasteiger charge is -2.46. The molecule has 6 nitrogen and oxygen atoms in total. The quantitative estimate of drug-likeness (QED) is 0.494. The maximum absolute atomic E-state index is 10.9. The van der Waals surface area contributed by atoms with Gasteiger partial charge in [0.2, 0.25) is 0 Å². The smallest absolute Gasteiger partial charge is 0.116 e. The van der Waals surface area contributed by atoms with Gasteiger partial charge in [-0.2, -0.15) is 0 Å². The maximum atomic E-state index is 10.9. The van der Waals surface area contributed by atoms with E-state index in [9.17, 15) is 10.2 Å². The summed E-state index contributed by atoms with van der Waals surface area (Å²) in [7, 11) is 0. The lowest BCUT2D eigenvalue weighted by molar-refractivity contribution is -0.266. The molecule has 3 rings (SSSR count). The first-order valence-electron chi connectivity index (χ1n) is 10.8. The Morgan fingerprint density at radius 2 is 0.969 bits per heavy atom. The molecule has 2 aromatic rings. The Balaban J connectivity index is 1.86. The number of rotatable bonds is 12. The Kier molecular flexibility index (Phi) is 9.62. The highest BCUT2D eigenvalue weighted by molar-refractivity contribution is 5.15. The lowest BCUT2D eigenvalue weighted by atomic mass is 9.84. The van der Waals surface area contributed by atoms with Crippen LogP contribution in [0.15, 0.2) is 86.0 Å². The molecule has 0 aliphatic heterocycles. The number of ether oxygens (including phenoxy) is 4. The Morgan fingerprint density at radius 1 is 0.594 bits per heavy atom. The van der Waals surface area contributed by atoms with Crippen molar-refractivity contribution in [3.05, 3.63) is 97.1 Å². The Bertz CT molecular complexity index is 742. The van der Waals surface area contributed by atoms with Crippen LogP contribution in [0.3, 0.4) is 0 Å². The summed E-state index contributed by atoms with van der Waals surface area (Å²) in [4.78, 5) is 0. The van der Waals surface area contributed by atoms with E-state index in [1.807, 2.05) is 60.7 Å². The number of aliphatic hydroxyl groups is 2. The summed E-state index contributed by atoms with van der Waals surface area (Å²) < 4.78 is 24.2. The van der Waals surface area contributed by atoms with Crippen molar-refractivity contribution in [1.29, 1.82) is 0 Å². The highest BCUT2D eigenvalue weighted by atomic mass is 16.6. The molecule has 1 aliphatic rings. The molecule has 172 valence electrons. The molecular formula is C26H32O6. The Morgan fingerprint density at radius 3 is 1.31 bits per heavy atom. The first-order valence-corrected chi connectivity index (χ1v) is 10.8. The second-order valence-electron chi connectivity index (χ2n) is 7.68. The van der Waals surface area contributed by atoms with Crippen LogP contribution in [-0.4, -0.2) is 60.1 Å². The monoisotopic (exact) mass is 440 g/mol. The van der Waals surface area contributed by atoms with Crippen LogP contribution in [-0.2, 0) is 32.2 Å². The fourth-order valence-corrected chi connectivity index (χ4v) is 3.81. The Hall–Kier alpha value is -2.32. The third kappa shape index (κ3) is 6.36. The number of hydrogen-bond donors (Lipinski definition) is 2. The van der Waals surface area contributed by atoms with Gasteiger partial charge in [-0.25, -0.2) is 0 Å². The van der Waals surface area contributed by atoms with Crippen LogP contribution < -0.4 is 0 Å². The zero-order valence-corrected chi connectivity index (χ0v) is 18.2. The molecule has 0 aromatic heterocycles. The van der Waals surface area contributed by atoms with Gasteiger partial charge < -0.3 is 29.2 Å². The van der Waals surface area contributed by atoms with Gasteiger partial charge >= 0.3 is 0 Å². The second-order valence-corrected chi connectivity index (χ2v) is 7.68. The highest BCUT2D eigenvalue weighted by Crippen LogP contribution is 2.31. The van der Waals surface area contributed by atoms with Crippen molar-refractivity contribution in [2.24, 2.45) is 0 Å². The maximum Gasteiger partial charge on any atom is 0.116 e. The lowest BCUT2D eigenvalue weighted by Crippen LogP contribution is -2.66. The van der Waals surface area contributed by atoms with E-state index in [2.05, 4.69) is 13.2 Å². The van der Waals surface area contributed by atoms with E-state index < -0.39 is 36.6 Å². The molecule has 0 bridgehead atoms. The Labute approximate surface area is 189 Å². The zero-order chi connectivity index (χ0) is 22.8. The van der Waals surface area contributed by atoms with Gasteiger partial charge in [0.25, 0.3) is 0 Å². The second kappa shape index (κ2) is 12.6. The summed E-state index contributed by atoms with van der Waals surface area (Å²) in [5.41, 5.74) is 1.95. The topological polar surface area (TPSA) is 77.4 Å². The van der Waals surface area contributed by atoms with Crippen LogP contribution in [0.25, 0.3) is 0 Å². The van der Waals surface area contributed by atoms with Crippen molar-refractivity contribution in [3.63, 3.8) is 0 Å². The van der Waals surface area contributed by atoms with Gasteiger partial charge in [-0.05, 0) is 11.1 Å². The molecule has 0 unspecified atom stereocenters. The van der Waals surface area contributed by atoms with E-state index in [0.29, 0.717) is 13.2 Å². The fraction of sp³-hybridized carbons (Fsp3) is 0.385. The summed E-state index contributed by atoms with van der Waals surface area (Å²) in [5, 5.41) is 21.7. The molecule has 1 aliphatic carbocycles. The minimum Gasteiger partial charge on any atom is -0.387 e. The third-order valence-corrected chi connectivity index (χ3v) is 5.38. The van der Waals surface area contributed by atoms with Gasteiger partial charge in [0, 0.05) is 0 Å². The molecule has 1 fully saturated rings. The van der Waals surface area contributed by atoms with E-state index >= 15 is 0 Å². The van der Waals surface area contributed by atoms with Crippen molar-refractivity contribution < 1.29 is 29.2 Å². The molecule has 0 spiro atoms. The van der Waals surface area contributed by atoms with Gasteiger partial charge in [-0.3, -0.25) is 0 Å². The van der Waals surface area contributed by atoms with Crippen molar-refractivity contribution in [2.75, 3.05) is 13.2 Å². The summed E-state index contributed by atoms with van der Waals surface area (Å²) in [6, 6.07) is 19.4. The normalized spacial score (nSPS) is 27.7. The first-order chi connectivity index (χ1) is 15.7. The van der Waals surface area contributed by atoms with Gasteiger partial charge in [0.05, 0.1) is 26.4 Å².